The van der Waals surface area contributed by atoms with Crippen LogP contribution in [0.15, 0.2) is 11.6 Å². The van der Waals surface area contributed by atoms with Gasteiger partial charge in [-0.3, -0.25) is 0 Å². The second-order valence-corrected chi connectivity index (χ2v) is 5.07. The van der Waals surface area contributed by atoms with Crippen LogP contribution in [-0.2, 0) is 0 Å². The van der Waals surface area contributed by atoms with Crippen LogP contribution in [0.1, 0.15) is 59.3 Å². The van der Waals surface area contributed by atoms with Crippen LogP contribution >= 0.6 is 0 Å². The second-order valence-electron chi connectivity index (χ2n) is 5.07. The summed E-state index contributed by atoms with van der Waals surface area (Å²) < 4.78 is 0. The molecule has 0 saturated heterocycles. The Morgan fingerprint density at radius 1 is 1.33 bits per heavy atom. The van der Waals surface area contributed by atoms with Crippen LogP contribution in [0.25, 0.3) is 0 Å². The number of hydrogen-bond donors (Lipinski definition) is 1. The molecule has 1 N–H and O–H groups in total. The van der Waals surface area contributed by atoms with Gasteiger partial charge in [-0.15, -0.1) is 0 Å². The lowest BCUT2D eigenvalue weighted by Crippen LogP contribution is -2.34. The third kappa shape index (κ3) is 4.83. The third-order valence-corrected chi connectivity index (χ3v) is 3.48. The van der Waals surface area contributed by atoms with Crippen molar-refractivity contribution in [1.29, 1.82) is 0 Å². The maximum Gasteiger partial charge on any atom is 0.00875 e. The zero-order valence-corrected chi connectivity index (χ0v) is 10.7. The van der Waals surface area contributed by atoms with Gasteiger partial charge in [-0.1, -0.05) is 32.4 Å². The quantitative estimate of drug-likeness (QED) is 0.654. The van der Waals surface area contributed by atoms with Crippen LogP contribution < -0.4 is 5.32 Å². The maximum atomic E-state index is 3.68. The molecule has 1 rings (SSSR count). The average Bonchev–Trinajstić information content (AvgIpc) is 2.25. The highest BCUT2D eigenvalue weighted by atomic mass is 14.9. The first-order chi connectivity index (χ1) is 7.24. The Hall–Kier alpha value is -0.300. The molecule has 0 bridgehead atoms. The van der Waals surface area contributed by atoms with Crippen molar-refractivity contribution in [3.8, 4) is 0 Å². The number of hydrogen-bond acceptors (Lipinski definition) is 1. The van der Waals surface area contributed by atoms with Gasteiger partial charge in [0.2, 0.25) is 0 Å². The topological polar surface area (TPSA) is 12.0 Å². The predicted molar refractivity (Wildman–Crippen MR) is 68.1 cm³/mol. The molecule has 1 aliphatic carbocycles. The number of allylic oxidation sites excluding steroid dienone is 1. The number of nitrogens with one attached hydrogen (secondary N) is 1. The van der Waals surface area contributed by atoms with Crippen molar-refractivity contribution >= 4 is 0 Å². The molecule has 0 amide bonds. The molecule has 0 aromatic carbocycles. The maximum absolute atomic E-state index is 3.68. The Kier molecular flexibility index (Phi) is 6.00. The summed E-state index contributed by atoms with van der Waals surface area (Å²) >= 11 is 0. The first kappa shape index (κ1) is 12.8. The zero-order chi connectivity index (χ0) is 11.1. The van der Waals surface area contributed by atoms with Crippen LogP contribution in [0.4, 0.5) is 0 Å². The van der Waals surface area contributed by atoms with Crippen molar-refractivity contribution in [1.82, 2.24) is 5.32 Å². The van der Waals surface area contributed by atoms with E-state index in [0.29, 0.717) is 6.04 Å². The minimum Gasteiger partial charge on any atom is -0.313 e. The van der Waals surface area contributed by atoms with E-state index in [4.69, 9.17) is 0 Å². The van der Waals surface area contributed by atoms with E-state index in [0.717, 1.165) is 5.92 Å². The summed E-state index contributed by atoms with van der Waals surface area (Å²) in [7, 11) is 0. The van der Waals surface area contributed by atoms with Gasteiger partial charge in [-0.05, 0) is 51.0 Å². The molecule has 15 heavy (non-hydrogen) atoms. The summed E-state index contributed by atoms with van der Waals surface area (Å²) in [5.41, 5.74) is 1.69. The second kappa shape index (κ2) is 7.05. The fourth-order valence-corrected chi connectivity index (χ4v) is 2.40. The Morgan fingerprint density at radius 2 is 2.13 bits per heavy atom. The van der Waals surface area contributed by atoms with E-state index in [1.807, 2.05) is 0 Å². The van der Waals surface area contributed by atoms with Crippen LogP contribution in [-0.4, -0.2) is 12.6 Å². The lowest BCUT2D eigenvalue weighted by Gasteiger charge is -2.21. The van der Waals surface area contributed by atoms with Crippen molar-refractivity contribution in [3.63, 3.8) is 0 Å². The van der Waals surface area contributed by atoms with Gasteiger partial charge in [0.15, 0.2) is 0 Å². The molecular formula is C14H27N. The van der Waals surface area contributed by atoms with E-state index in [-0.39, 0.29) is 0 Å². The first-order valence-corrected chi connectivity index (χ1v) is 6.65. The molecule has 0 radical (unpaired) electrons. The minimum absolute atomic E-state index is 0.703. The smallest absolute Gasteiger partial charge is 0.00875 e. The molecule has 1 aliphatic rings. The Morgan fingerprint density at radius 3 is 2.67 bits per heavy atom. The highest BCUT2D eigenvalue weighted by Crippen LogP contribution is 2.19. The van der Waals surface area contributed by atoms with Gasteiger partial charge in [0, 0.05) is 6.04 Å². The highest BCUT2D eigenvalue weighted by molar-refractivity contribution is 5.05. The van der Waals surface area contributed by atoms with Gasteiger partial charge in [0.05, 0.1) is 0 Å². The molecule has 1 unspecified atom stereocenters. The van der Waals surface area contributed by atoms with Crippen LogP contribution in [0.5, 0.6) is 0 Å². The van der Waals surface area contributed by atoms with E-state index in [9.17, 15) is 0 Å². The van der Waals surface area contributed by atoms with Crippen molar-refractivity contribution in [2.75, 3.05) is 6.54 Å². The normalized spacial score (nSPS) is 19.1. The van der Waals surface area contributed by atoms with E-state index in [2.05, 4.69) is 32.2 Å². The fraction of sp³-hybridized carbons (Fsp3) is 0.857. The Labute approximate surface area is 95.3 Å². The van der Waals surface area contributed by atoms with Crippen molar-refractivity contribution in [2.24, 2.45) is 5.92 Å². The first-order valence-electron chi connectivity index (χ1n) is 6.65. The molecular weight excluding hydrogens is 182 g/mol. The SMILES string of the molecule is CCC(NCCC1=CCCCC1)C(C)C. The molecule has 88 valence electrons. The summed E-state index contributed by atoms with van der Waals surface area (Å²) in [4.78, 5) is 0. The molecule has 0 spiro atoms. The minimum atomic E-state index is 0.703. The summed E-state index contributed by atoms with van der Waals surface area (Å²) in [5.74, 6) is 0.760. The highest BCUT2D eigenvalue weighted by Gasteiger charge is 2.10. The van der Waals surface area contributed by atoms with Gasteiger partial charge in [0.25, 0.3) is 0 Å². The van der Waals surface area contributed by atoms with Gasteiger partial charge in [-0.25, -0.2) is 0 Å². The van der Waals surface area contributed by atoms with E-state index in [1.165, 1.54) is 45.1 Å². The standard InChI is InChI=1S/C14H27N/c1-4-14(12(2)3)15-11-10-13-8-6-5-7-9-13/h8,12,14-15H,4-7,9-11H2,1-3H3. The van der Waals surface area contributed by atoms with E-state index < -0.39 is 0 Å². The predicted octanol–water partition coefficient (Wildman–Crippen LogP) is 3.90. The largest absolute Gasteiger partial charge is 0.313 e. The fourth-order valence-electron chi connectivity index (χ4n) is 2.40. The average molecular weight is 209 g/mol. The van der Waals surface area contributed by atoms with Crippen molar-refractivity contribution < 1.29 is 0 Å². The summed E-state index contributed by atoms with van der Waals surface area (Å²) in [6, 6.07) is 0.703. The number of rotatable bonds is 6. The van der Waals surface area contributed by atoms with E-state index >= 15 is 0 Å². The van der Waals surface area contributed by atoms with Crippen molar-refractivity contribution in [2.45, 2.75) is 65.3 Å². The zero-order valence-electron chi connectivity index (χ0n) is 10.7. The Bertz CT molecular complexity index is 194. The summed E-state index contributed by atoms with van der Waals surface area (Å²) in [5, 5.41) is 3.68. The molecule has 1 heteroatoms. The lowest BCUT2D eigenvalue weighted by atomic mass is 9.96. The van der Waals surface area contributed by atoms with Gasteiger partial charge >= 0.3 is 0 Å². The lowest BCUT2D eigenvalue weighted by molar-refractivity contribution is 0.390. The third-order valence-electron chi connectivity index (χ3n) is 3.48. The van der Waals surface area contributed by atoms with Crippen LogP contribution in [0, 0.1) is 5.92 Å². The molecule has 1 atom stereocenters. The summed E-state index contributed by atoms with van der Waals surface area (Å²) in [6.07, 6.45) is 10.5. The van der Waals surface area contributed by atoms with Gasteiger partial charge in [0.1, 0.15) is 0 Å². The van der Waals surface area contributed by atoms with E-state index in [1.54, 1.807) is 5.57 Å². The molecule has 1 nitrogen and oxygen atoms in total. The van der Waals surface area contributed by atoms with Crippen LogP contribution in [0.2, 0.25) is 0 Å². The molecule has 0 fully saturated rings. The molecule has 0 aromatic rings. The Balaban J connectivity index is 2.16. The molecule has 0 saturated carbocycles. The van der Waals surface area contributed by atoms with Crippen molar-refractivity contribution in [3.05, 3.63) is 11.6 Å². The molecule has 0 aromatic heterocycles. The van der Waals surface area contributed by atoms with Gasteiger partial charge in [-0.2, -0.15) is 0 Å². The molecule has 0 heterocycles. The van der Waals surface area contributed by atoms with Crippen LogP contribution in [0.3, 0.4) is 0 Å². The molecule has 0 aliphatic heterocycles. The van der Waals surface area contributed by atoms with Gasteiger partial charge < -0.3 is 5.32 Å². The summed E-state index contributed by atoms with van der Waals surface area (Å²) in [6.45, 7) is 8.06. The monoisotopic (exact) mass is 209 g/mol.